The Morgan fingerprint density at radius 3 is 2.43 bits per heavy atom. The van der Waals surface area contributed by atoms with E-state index in [-0.39, 0.29) is 23.5 Å². The Morgan fingerprint density at radius 2 is 1.87 bits per heavy atom. The van der Waals surface area contributed by atoms with Crippen molar-refractivity contribution in [2.45, 2.75) is 102 Å². The molecule has 1 heterocycles. The zero-order valence-electron chi connectivity index (χ0n) is 20.0. The molecule has 1 aliphatic rings. The molecule has 6 heteroatoms. The number of methoxy groups -OCH3 is 1. The maximum atomic E-state index is 12.5. The summed E-state index contributed by atoms with van der Waals surface area (Å²) in [5.41, 5.74) is 0.596. The molecule has 1 aliphatic heterocycles. The molecule has 0 unspecified atom stereocenters. The highest BCUT2D eigenvalue weighted by Gasteiger charge is 2.53. The minimum atomic E-state index is -2.16. The Kier molecular flexibility index (Phi) is 8.68. The molecule has 0 spiro atoms. The quantitative estimate of drug-likeness (QED) is 0.236. The van der Waals surface area contributed by atoms with E-state index >= 15 is 0 Å². The standard InChI is InChI=1S/C24H41NO4Si/c1-8-9-10-14-17-24(19-22(26)27-5)18-21(20-15-12-11-13-16-20)28-25(24)29-30(6,7)23(2,3)4/h11-13,15-16,21H,8-10,14,17-19H2,1-7H3/t21-,24-/m0/s1. The Hall–Kier alpha value is -1.21. The molecule has 0 radical (unpaired) electrons. The fourth-order valence-corrected chi connectivity index (χ4v) is 4.56. The van der Waals surface area contributed by atoms with E-state index in [0.29, 0.717) is 6.42 Å². The van der Waals surface area contributed by atoms with E-state index in [0.717, 1.165) is 24.8 Å². The normalized spacial score (nSPS) is 23.0. The summed E-state index contributed by atoms with van der Waals surface area (Å²) < 4.78 is 11.8. The van der Waals surface area contributed by atoms with Crippen molar-refractivity contribution in [3.05, 3.63) is 35.9 Å². The zero-order chi connectivity index (χ0) is 22.4. The predicted molar refractivity (Wildman–Crippen MR) is 123 cm³/mol. The van der Waals surface area contributed by atoms with Crippen molar-refractivity contribution in [3.63, 3.8) is 0 Å². The summed E-state index contributed by atoms with van der Waals surface area (Å²) >= 11 is 0. The van der Waals surface area contributed by atoms with E-state index < -0.39 is 13.9 Å². The van der Waals surface area contributed by atoms with Gasteiger partial charge >= 0.3 is 5.97 Å². The summed E-state index contributed by atoms with van der Waals surface area (Å²) in [6.45, 7) is 13.3. The Morgan fingerprint density at radius 1 is 1.20 bits per heavy atom. The average molecular weight is 436 g/mol. The van der Waals surface area contributed by atoms with Crippen LogP contribution in [0.1, 0.15) is 84.3 Å². The van der Waals surface area contributed by atoms with Crippen molar-refractivity contribution in [1.29, 1.82) is 0 Å². The van der Waals surface area contributed by atoms with Gasteiger partial charge in [-0.1, -0.05) is 88.9 Å². The Balaban J connectivity index is 2.37. The van der Waals surface area contributed by atoms with Gasteiger partial charge in [-0.2, -0.15) is 0 Å². The first kappa shape index (κ1) is 25.1. The van der Waals surface area contributed by atoms with Gasteiger partial charge in [0.25, 0.3) is 0 Å². The van der Waals surface area contributed by atoms with Gasteiger partial charge in [0.2, 0.25) is 8.32 Å². The number of ether oxygens (including phenoxy) is 1. The number of benzene rings is 1. The van der Waals surface area contributed by atoms with Crippen LogP contribution in [0.2, 0.25) is 18.1 Å². The first-order chi connectivity index (χ1) is 14.0. The minimum Gasteiger partial charge on any atom is -0.469 e. The number of hydrogen-bond donors (Lipinski definition) is 0. The van der Waals surface area contributed by atoms with Gasteiger partial charge < -0.3 is 9.26 Å². The summed E-state index contributed by atoms with van der Waals surface area (Å²) in [6.07, 6.45) is 6.25. The van der Waals surface area contributed by atoms with Gasteiger partial charge in [-0.15, -0.1) is 0 Å². The zero-order valence-corrected chi connectivity index (χ0v) is 21.0. The smallest absolute Gasteiger partial charge is 0.307 e. The van der Waals surface area contributed by atoms with Crippen LogP contribution >= 0.6 is 0 Å². The van der Waals surface area contributed by atoms with Crippen molar-refractivity contribution < 1.29 is 18.9 Å². The molecule has 0 aromatic heterocycles. The Bertz CT molecular complexity index is 674. The molecule has 2 atom stereocenters. The highest BCUT2D eigenvalue weighted by molar-refractivity contribution is 6.74. The van der Waals surface area contributed by atoms with Crippen LogP contribution < -0.4 is 0 Å². The minimum absolute atomic E-state index is 0.0282. The van der Waals surface area contributed by atoms with Gasteiger partial charge in [-0.25, -0.2) is 0 Å². The molecule has 2 rings (SSSR count). The molecule has 0 amide bonds. The van der Waals surface area contributed by atoms with Crippen LogP contribution in [-0.4, -0.2) is 32.2 Å². The fraction of sp³-hybridized carbons (Fsp3) is 0.708. The lowest BCUT2D eigenvalue weighted by Gasteiger charge is -2.43. The van der Waals surface area contributed by atoms with Crippen LogP contribution in [0.25, 0.3) is 0 Å². The van der Waals surface area contributed by atoms with Crippen LogP contribution in [0, 0.1) is 0 Å². The monoisotopic (exact) mass is 435 g/mol. The topological polar surface area (TPSA) is 48.0 Å². The fourth-order valence-electron chi connectivity index (χ4n) is 3.63. The number of nitrogens with zero attached hydrogens (tertiary/aromatic N) is 1. The molecule has 5 nitrogen and oxygen atoms in total. The van der Waals surface area contributed by atoms with Gasteiger partial charge in [-0.3, -0.25) is 9.63 Å². The van der Waals surface area contributed by atoms with Crippen molar-refractivity contribution in [2.24, 2.45) is 0 Å². The number of hydroxylamine groups is 2. The third-order valence-corrected chi connectivity index (χ3v) is 10.9. The van der Waals surface area contributed by atoms with Crippen LogP contribution in [-0.2, 0) is 18.9 Å². The number of esters is 1. The molecule has 1 saturated heterocycles. The van der Waals surface area contributed by atoms with E-state index in [9.17, 15) is 4.79 Å². The molecule has 0 aliphatic carbocycles. The van der Waals surface area contributed by atoms with Crippen LogP contribution in [0.3, 0.4) is 0 Å². The first-order valence-corrected chi connectivity index (χ1v) is 14.2. The molecular formula is C24H41NO4Si. The maximum Gasteiger partial charge on any atom is 0.307 e. The first-order valence-electron chi connectivity index (χ1n) is 11.3. The lowest BCUT2D eigenvalue weighted by Crippen LogP contribution is -2.53. The van der Waals surface area contributed by atoms with E-state index in [1.807, 2.05) is 18.2 Å². The lowest BCUT2D eigenvalue weighted by molar-refractivity contribution is -0.353. The maximum absolute atomic E-state index is 12.5. The molecule has 1 aromatic carbocycles. The van der Waals surface area contributed by atoms with E-state index in [2.05, 4.69) is 52.9 Å². The van der Waals surface area contributed by atoms with Crippen LogP contribution in [0.5, 0.6) is 0 Å². The summed E-state index contributed by atoms with van der Waals surface area (Å²) in [6, 6.07) is 10.2. The van der Waals surface area contributed by atoms with Crippen LogP contribution in [0.4, 0.5) is 0 Å². The van der Waals surface area contributed by atoms with Crippen molar-refractivity contribution in [1.82, 2.24) is 5.23 Å². The van der Waals surface area contributed by atoms with Crippen molar-refractivity contribution in [3.8, 4) is 0 Å². The molecule has 1 fully saturated rings. The average Bonchev–Trinajstić information content (AvgIpc) is 3.02. The highest BCUT2D eigenvalue weighted by Crippen LogP contribution is 2.48. The predicted octanol–water partition coefficient (Wildman–Crippen LogP) is 6.57. The number of rotatable bonds is 10. The number of carbonyl (C=O) groups excluding carboxylic acids is 1. The summed E-state index contributed by atoms with van der Waals surface area (Å²) in [5.74, 6) is -0.216. The third kappa shape index (κ3) is 6.16. The van der Waals surface area contributed by atoms with Gasteiger partial charge in [0.15, 0.2) is 0 Å². The second-order valence-corrected chi connectivity index (χ2v) is 14.8. The molecule has 0 saturated carbocycles. The molecule has 30 heavy (non-hydrogen) atoms. The van der Waals surface area contributed by atoms with Gasteiger partial charge in [0.05, 0.1) is 19.1 Å². The molecular weight excluding hydrogens is 394 g/mol. The van der Waals surface area contributed by atoms with Gasteiger partial charge in [0, 0.05) is 6.42 Å². The second kappa shape index (κ2) is 10.4. The number of hydrogen-bond acceptors (Lipinski definition) is 5. The van der Waals surface area contributed by atoms with Crippen molar-refractivity contribution >= 4 is 14.3 Å². The van der Waals surface area contributed by atoms with E-state index in [1.165, 1.54) is 20.0 Å². The molecule has 170 valence electrons. The molecule has 0 bridgehead atoms. The number of unbranched alkanes of at least 4 members (excludes halogenated alkanes) is 3. The lowest BCUT2D eigenvalue weighted by atomic mass is 9.83. The summed E-state index contributed by atoms with van der Waals surface area (Å²) in [7, 11) is -0.701. The second-order valence-electron chi connectivity index (χ2n) is 10.1. The molecule has 0 N–H and O–H groups in total. The largest absolute Gasteiger partial charge is 0.469 e. The third-order valence-electron chi connectivity index (χ3n) is 6.66. The summed E-state index contributed by atoms with van der Waals surface area (Å²) in [4.78, 5) is 18.9. The van der Waals surface area contributed by atoms with Gasteiger partial charge in [-0.05, 0) is 30.1 Å². The molecule has 1 aromatic rings. The van der Waals surface area contributed by atoms with Crippen molar-refractivity contribution in [2.75, 3.05) is 7.11 Å². The van der Waals surface area contributed by atoms with E-state index in [4.69, 9.17) is 14.1 Å². The summed E-state index contributed by atoms with van der Waals surface area (Å²) in [5, 5.41) is 1.76. The van der Waals surface area contributed by atoms with Gasteiger partial charge in [0.1, 0.15) is 6.10 Å². The number of carbonyl (C=O) groups is 1. The van der Waals surface area contributed by atoms with E-state index in [1.54, 1.807) is 5.23 Å². The highest BCUT2D eigenvalue weighted by atomic mass is 28.4. The Labute approximate surface area is 184 Å². The SMILES string of the molecule is CCCCCC[C@@]1(CC(=O)OC)C[C@@H](c2ccccc2)ON1O[Si](C)(C)C(C)(C)C. The van der Waals surface area contributed by atoms with Crippen LogP contribution in [0.15, 0.2) is 30.3 Å².